The zero-order valence-corrected chi connectivity index (χ0v) is 10.7. The van der Waals surface area contributed by atoms with Crippen molar-refractivity contribution in [3.63, 3.8) is 0 Å². The van der Waals surface area contributed by atoms with Crippen LogP contribution in [0.5, 0.6) is 0 Å². The van der Waals surface area contributed by atoms with Gasteiger partial charge in [-0.2, -0.15) is 0 Å². The summed E-state index contributed by atoms with van der Waals surface area (Å²) in [7, 11) is 0. The number of anilines is 1. The zero-order valence-electron chi connectivity index (χ0n) is 9.94. The third-order valence-corrected chi connectivity index (χ3v) is 3.34. The Morgan fingerprint density at radius 1 is 1.17 bits per heavy atom. The molecule has 3 nitrogen and oxygen atoms in total. The summed E-state index contributed by atoms with van der Waals surface area (Å²) < 4.78 is 0. The molecule has 0 unspecified atom stereocenters. The smallest absolute Gasteiger partial charge is 0.134 e. The number of nitrogens with zero attached hydrogens (tertiary/aromatic N) is 2. The molecule has 1 N–H and O–H groups in total. The van der Waals surface area contributed by atoms with Crippen molar-refractivity contribution < 1.29 is 0 Å². The molecule has 1 saturated carbocycles. The van der Waals surface area contributed by atoms with E-state index in [1.807, 2.05) is 0 Å². The maximum atomic E-state index is 5.80. The van der Waals surface area contributed by atoms with Gasteiger partial charge in [-0.25, -0.2) is 9.97 Å². The lowest BCUT2D eigenvalue weighted by atomic mass is 10.1. The minimum Gasteiger partial charge on any atom is -0.366 e. The molecule has 0 spiro atoms. The summed E-state index contributed by atoms with van der Waals surface area (Å²) >= 11 is 5.80. The molecule has 0 radical (unpaired) electrons. The monoisotopic (exact) mass is 259 g/mol. The molecular formula is C14H14ClN3. The van der Waals surface area contributed by atoms with Crippen LogP contribution in [0.15, 0.2) is 36.7 Å². The highest BCUT2D eigenvalue weighted by molar-refractivity contribution is 6.29. The second-order valence-corrected chi connectivity index (χ2v) is 4.98. The number of hydrogen-bond donors (Lipinski definition) is 1. The molecule has 1 heterocycles. The number of hydrogen-bond acceptors (Lipinski definition) is 3. The normalized spacial score (nSPS) is 14.5. The van der Waals surface area contributed by atoms with Gasteiger partial charge < -0.3 is 5.32 Å². The molecule has 2 aromatic rings. The van der Waals surface area contributed by atoms with Gasteiger partial charge >= 0.3 is 0 Å². The Hall–Kier alpha value is -1.61. The highest BCUT2D eigenvalue weighted by atomic mass is 35.5. The second-order valence-electron chi connectivity index (χ2n) is 4.60. The molecule has 1 fully saturated rings. The second kappa shape index (κ2) is 4.94. The van der Waals surface area contributed by atoms with E-state index in [9.17, 15) is 0 Å². The van der Waals surface area contributed by atoms with Crippen LogP contribution in [0.25, 0.3) is 0 Å². The van der Waals surface area contributed by atoms with Crippen LogP contribution in [0.2, 0.25) is 5.15 Å². The summed E-state index contributed by atoms with van der Waals surface area (Å²) in [6.07, 6.45) is 4.15. The van der Waals surface area contributed by atoms with E-state index in [1.165, 1.54) is 30.3 Å². The standard InChI is InChI=1S/C14H14ClN3/c15-13-7-14(18-9-17-13)16-8-10-1-3-11(4-2-10)12-5-6-12/h1-4,7,9,12H,5-6,8H2,(H,16,17,18). The number of halogens is 1. The van der Waals surface area contributed by atoms with Gasteiger partial charge in [-0.3, -0.25) is 0 Å². The van der Waals surface area contributed by atoms with E-state index in [1.54, 1.807) is 6.07 Å². The lowest BCUT2D eigenvalue weighted by molar-refractivity contribution is 1.07. The molecule has 1 aliphatic carbocycles. The maximum absolute atomic E-state index is 5.80. The van der Waals surface area contributed by atoms with Crippen molar-refractivity contribution in [2.24, 2.45) is 0 Å². The van der Waals surface area contributed by atoms with Crippen molar-refractivity contribution in [2.45, 2.75) is 25.3 Å². The first-order chi connectivity index (χ1) is 8.81. The van der Waals surface area contributed by atoms with Crippen molar-refractivity contribution in [3.05, 3.63) is 52.9 Å². The van der Waals surface area contributed by atoms with Crippen LogP contribution < -0.4 is 5.32 Å². The van der Waals surface area contributed by atoms with Gasteiger partial charge in [0.2, 0.25) is 0 Å². The number of benzene rings is 1. The summed E-state index contributed by atoms with van der Waals surface area (Å²) in [5.41, 5.74) is 2.71. The van der Waals surface area contributed by atoms with E-state index in [2.05, 4.69) is 39.6 Å². The van der Waals surface area contributed by atoms with Gasteiger partial charge in [0.1, 0.15) is 17.3 Å². The molecule has 0 aliphatic heterocycles. The Balaban J connectivity index is 1.62. The fourth-order valence-electron chi connectivity index (χ4n) is 1.95. The van der Waals surface area contributed by atoms with Gasteiger partial charge in [0, 0.05) is 12.6 Å². The van der Waals surface area contributed by atoms with Gasteiger partial charge in [-0.05, 0) is 29.9 Å². The molecule has 0 bridgehead atoms. The maximum Gasteiger partial charge on any atom is 0.134 e. The molecule has 3 rings (SSSR count). The van der Waals surface area contributed by atoms with Gasteiger partial charge in [0.15, 0.2) is 0 Å². The molecule has 0 saturated heterocycles. The van der Waals surface area contributed by atoms with Crippen LogP contribution in [0.3, 0.4) is 0 Å². The fourth-order valence-corrected chi connectivity index (χ4v) is 2.09. The van der Waals surface area contributed by atoms with Crippen LogP contribution >= 0.6 is 11.6 Å². The molecule has 1 aromatic carbocycles. The van der Waals surface area contributed by atoms with E-state index < -0.39 is 0 Å². The van der Waals surface area contributed by atoms with E-state index >= 15 is 0 Å². The van der Waals surface area contributed by atoms with Gasteiger partial charge in [-0.1, -0.05) is 35.9 Å². The fraction of sp³-hybridized carbons (Fsp3) is 0.286. The van der Waals surface area contributed by atoms with Crippen molar-refractivity contribution in [3.8, 4) is 0 Å². The lowest BCUT2D eigenvalue weighted by Crippen LogP contribution is -2.01. The largest absolute Gasteiger partial charge is 0.366 e. The molecule has 18 heavy (non-hydrogen) atoms. The van der Waals surface area contributed by atoms with Gasteiger partial charge in [0.25, 0.3) is 0 Å². The predicted octanol–water partition coefficient (Wildman–Crippen LogP) is 3.62. The Bertz CT molecular complexity index is 535. The average molecular weight is 260 g/mol. The molecule has 1 aliphatic rings. The van der Waals surface area contributed by atoms with Crippen molar-refractivity contribution in [1.29, 1.82) is 0 Å². The van der Waals surface area contributed by atoms with Crippen LogP contribution in [-0.2, 0) is 6.54 Å². The first-order valence-electron chi connectivity index (χ1n) is 6.11. The topological polar surface area (TPSA) is 37.8 Å². The average Bonchev–Trinajstić information content (AvgIpc) is 3.21. The van der Waals surface area contributed by atoms with Crippen molar-refractivity contribution >= 4 is 17.4 Å². The van der Waals surface area contributed by atoms with E-state index in [4.69, 9.17) is 11.6 Å². The molecule has 4 heteroatoms. The van der Waals surface area contributed by atoms with Crippen LogP contribution in [0, 0.1) is 0 Å². The minimum atomic E-state index is 0.455. The SMILES string of the molecule is Clc1cc(NCc2ccc(C3CC3)cc2)ncn1. The highest BCUT2D eigenvalue weighted by Gasteiger charge is 2.22. The minimum absolute atomic E-state index is 0.455. The molecule has 1 aromatic heterocycles. The highest BCUT2D eigenvalue weighted by Crippen LogP contribution is 2.39. The summed E-state index contributed by atoms with van der Waals surface area (Å²) in [4.78, 5) is 7.95. The lowest BCUT2D eigenvalue weighted by Gasteiger charge is -2.06. The van der Waals surface area contributed by atoms with E-state index in [-0.39, 0.29) is 0 Å². The first kappa shape index (κ1) is 11.5. The number of aromatic nitrogens is 2. The third kappa shape index (κ3) is 2.79. The summed E-state index contributed by atoms with van der Waals surface area (Å²) in [6, 6.07) is 10.5. The Kier molecular flexibility index (Phi) is 3.15. The Morgan fingerprint density at radius 2 is 1.94 bits per heavy atom. The van der Waals surface area contributed by atoms with Gasteiger partial charge in [-0.15, -0.1) is 0 Å². The summed E-state index contributed by atoms with van der Waals surface area (Å²) in [6.45, 7) is 0.748. The van der Waals surface area contributed by atoms with Crippen molar-refractivity contribution in [2.75, 3.05) is 5.32 Å². The molecule has 0 amide bonds. The summed E-state index contributed by atoms with van der Waals surface area (Å²) in [5, 5.41) is 3.69. The van der Waals surface area contributed by atoms with Crippen LogP contribution in [0.4, 0.5) is 5.82 Å². The van der Waals surface area contributed by atoms with E-state index in [0.717, 1.165) is 18.3 Å². The van der Waals surface area contributed by atoms with E-state index in [0.29, 0.717) is 5.15 Å². The zero-order chi connectivity index (χ0) is 12.4. The molecule has 0 atom stereocenters. The Morgan fingerprint density at radius 3 is 2.61 bits per heavy atom. The summed E-state index contributed by atoms with van der Waals surface area (Å²) in [5.74, 6) is 1.56. The first-order valence-corrected chi connectivity index (χ1v) is 6.49. The van der Waals surface area contributed by atoms with Crippen LogP contribution in [-0.4, -0.2) is 9.97 Å². The van der Waals surface area contributed by atoms with Crippen molar-refractivity contribution in [1.82, 2.24) is 9.97 Å². The third-order valence-electron chi connectivity index (χ3n) is 3.14. The van der Waals surface area contributed by atoms with Crippen LogP contribution in [0.1, 0.15) is 29.9 Å². The Labute approximate surface area is 111 Å². The predicted molar refractivity (Wildman–Crippen MR) is 72.8 cm³/mol. The quantitative estimate of drug-likeness (QED) is 0.853. The molecular weight excluding hydrogens is 246 g/mol. The number of nitrogens with one attached hydrogen (secondary N) is 1. The number of rotatable bonds is 4. The van der Waals surface area contributed by atoms with Gasteiger partial charge in [0.05, 0.1) is 0 Å². The molecule has 92 valence electrons.